The Kier molecular flexibility index (Phi) is 19.2. The topological polar surface area (TPSA) is 15.3 Å². The highest BCUT2D eigenvalue weighted by atomic mass is 15.1. The zero-order valence-corrected chi connectivity index (χ0v) is 56.0. The van der Waals surface area contributed by atoms with Crippen molar-refractivity contribution in [2.45, 2.75) is 186 Å². The number of fused-ring (bicyclic) bond motifs is 6. The zero-order valence-electron chi connectivity index (χ0n) is 56.0. The lowest BCUT2D eigenvalue weighted by molar-refractivity contribution is 0.403. The van der Waals surface area contributed by atoms with Gasteiger partial charge in [-0.15, -0.1) is 0 Å². The van der Waals surface area contributed by atoms with Crippen LogP contribution in [0.5, 0.6) is 0 Å². The van der Waals surface area contributed by atoms with Crippen LogP contribution in [0, 0.1) is 0 Å². The van der Waals surface area contributed by atoms with E-state index in [1.165, 1.54) is 204 Å². The van der Waals surface area contributed by atoms with Crippen LogP contribution in [0.3, 0.4) is 0 Å². The Morgan fingerprint density at radius 3 is 1.27 bits per heavy atom. The molecule has 0 aromatic heterocycles. The summed E-state index contributed by atoms with van der Waals surface area (Å²) in [5, 5.41) is 3.89. The molecule has 0 saturated heterocycles. The molecule has 0 fully saturated rings. The highest BCUT2D eigenvalue weighted by molar-refractivity contribution is 5.88. The van der Waals surface area contributed by atoms with Gasteiger partial charge in [-0.25, -0.2) is 0 Å². The third-order valence-electron chi connectivity index (χ3n) is 21.3. The minimum Gasteiger partial charge on any atom is -0.356 e. The molecule has 2 aliphatic rings. The molecule has 0 bridgehead atoms. The standard InChI is InChI=1S/C89H98N2/c1-9-13-17-28-60-88(57-25-14-10-2)82-39-23-21-37-78(82)80-55-51-74(63-84(80)88)90-73-49-45-70(46-50-73)86(5,6)71-47-52-75(53-48-71)91(77-54-56-81-79-38-22-24-40-83(79)89(85(81)64-77,58-26-15-11-3)59-27-16-12-4)76-36-30-34-68(62-76)67-33-29-35-72(61-67)87(7,8)69-43-41-66(42-44-69)65-31-19-18-20-32-65/h18-24,29-56,61-64,90H,9-17,25-28,57-60H2,1-8H3. The number of hydrogen-bond acceptors (Lipinski definition) is 2. The summed E-state index contributed by atoms with van der Waals surface area (Å²) in [5.41, 5.74) is 27.2. The molecule has 10 aromatic rings. The molecule has 0 radical (unpaired) electrons. The fourth-order valence-corrected chi connectivity index (χ4v) is 15.9. The van der Waals surface area contributed by atoms with Crippen molar-refractivity contribution in [2.75, 3.05) is 10.2 Å². The third-order valence-corrected chi connectivity index (χ3v) is 21.3. The Morgan fingerprint density at radius 1 is 0.286 bits per heavy atom. The lowest BCUT2D eigenvalue weighted by Crippen LogP contribution is -2.26. The zero-order chi connectivity index (χ0) is 63.0. The summed E-state index contributed by atoms with van der Waals surface area (Å²) in [6.45, 7) is 18.8. The van der Waals surface area contributed by atoms with Crippen LogP contribution in [0.1, 0.15) is 209 Å². The van der Waals surface area contributed by atoms with Crippen molar-refractivity contribution in [1.82, 2.24) is 0 Å². The van der Waals surface area contributed by atoms with Crippen LogP contribution in [-0.2, 0) is 21.7 Å². The highest BCUT2D eigenvalue weighted by Gasteiger charge is 2.44. The van der Waals surface area contributed by atoms with Crippen molar-refractivity contribution >= 4 is 28.4 Å². The van der Waals surface area contributed by atoms with Gasteiger partial charge >= 0.3 is 0 Å². The molecule has 0 spiro atoms. The van der Waals surface area contributed by atoms with Gasteiger partial charge in [-0.2, -0.15) is 0 Å². The van der Waals surface area contributed by atoms with Gasteiger partial charge in [0.05, 0.1) is 0 Å². The van der Waals surface area contributed by atoms with Gasteiger partial charge in [-0.3, -0.25) is 0 Å². The average Bonchev–Trinajstić information content (AvgIpc) is 1.59. The average molecular weight is 1200 g/mol. The molecule has 1 N–H and O–H groups in total. The monoisotopic (exact) mass is 1190 g/mol. The molecule has 2 nitrogen and oxygen atoms in total. The number of anilines is 5. The lowest BCUT2D eigenvalue weighted by Gasteiger charge is -2.34. The minimum absolute atomic E-state index is 0.0328. The van der Waals surface area contributed by atoms with Crippen LogP contribution in [0.4, 0.5) is 28.4 Å². The van der Waals surface area contributed by atoms with Crippen LogP contribution in [-0.4, -0.2) is 0 Å². The molecule has 10 aromatic carbocycles. The molecule has 2 heteroatoms. The Morgan fingerprint density at radius 2 is 0.692 bits per heavy atom. The summed E-state index contributed by atoms with van der Waals surface area (Å²) in [5.74, 6) is 0. The summed E-state index contributed by atoms with van der Waals surface area (Å²) >= 11 is 0. The summed E-state index contributed by atoms with van der Waals surface area (Å²) < 4.78 is 0. The molecule has 0 saturated carbocycles. The fraction of sp³-hybridized carbons (Fsp3) is 0.326. The SMILES string of the molecule is CCCCCCC1(CCCCC)c2ccccc2-c2ccc(Nc3ccc(C(C)(C)c4ccc(N(c5cccc(-c6cccc(C(C)(C)c7ccc(-c8ccccc8)cc7)c6)c5)c5ccc6c(c5)C(CCCCC)(CCCCC)c5ccccc5-6)cc4)cc3)cc21. The van der Waals surface area contributed by atoms with Crippen molar-refractivity contribution < 1.29 is 0 Å². The molecule has 0 heterocycles. The number of nitrogens with zero attached hydrogens (tertiary/aromatic N) is 1. The Hall–Kier alpha value is -8.20. The van der Waals surface area contributed by atoms with Crippen LogP contribution < -0.4 is 10.2 Å². The van der Waals surface area contributed by atoms with E-state index in [-0.39, 0.29) is 21.7 Å². The maximum atomic E-state index is 3.89. The van der Waals surface area contributed by atoms with Crippen molar-refractivity contribution in [3.05, 3.63) is 281 Å². The molecule has 464 valence electrons. The summed E-state index contributed by atoms with van der Waals surface area (Å²) in [6.07, 6.45) is 21.0. The van der Waals surface area contributed by atoms with Gasteiger partial charge in [0, 0.05) is 50.1 Å². The van der Waals surface area contributed by atoms with Crippen LogP contribution >= 0.6 is 0 Å². The first-order valence-corrected chi connectivity index (χ1v) is 35.1. The van der Waals surface area contributed by atoms with Crippen LogP contribution in [0.25, 0.3) is 44.5 Å². The molecule has 91 heavy (non-hydrogen) atoms. The maximum absolute atomic E-state index is 3.89. The lowest BCUT2D eigenvalue weighted by atomic mass is 9.70. The van der Waals surface area contributed by atoms with Gasteiger partial charge in [0.1, 0.15) is 0 Å². The van der Waals surface area contributed by atoms with E-state index in [4.69, 9.17) is 0 Å². The Bertz CT molecular complexity index is 4040. The number of unbranched alkanes of at least 4 members (excludes halogenated alkanes) is 9. The second-order valence-corrected chi connectivity index (χ2v) is 27.8. The number of rotatable bonds is 28. The molecule has 0 aliphatic heterocycles. The van der Waals surface area contributed by atoms with E-state index in [1.807, 2.05) is 0 Å². The third kappa shape index (κ3) is 12.7. The quantitative estimate of drug-likeness (QED) is 0.0492. The molecular formula is C89H98N2. The van der Waals surface area contributed by atoms with E-state index in [0.29, 0.717) is 0 Å². The largest absolute Gasteiger partial charge is 0.356 e. The van der Waals surface area contributed by atoms with Crippen LogP contribution in [0.2, 0.25) is 0 Å². The molecule has 1 atom stereocenters. The Balaban J connectivity index is 0.871. The van der Waals surface area contributed by atoms with Gasteiger partial charge < -0.3 is 10.2 Å². The summed E-state index contributed by atoms with van der Waals surface area (Å²) in [7, 11) is 0. The minimum atomic E-state index is -0.254. The van der Waals surface area contributed by atoms with E-state index in [2.05, 4.69) is 302 Å². The van der Waals surface area contributed by atoms with Crippen molar-refractivity contribution in [3.63, 3.8) is 0 Å². The van der Waals surface area contributed by atoms with E-state index in [9.17, 15) is 0 Å². The molecule has 0 amide bonds. The number of nitrogens with one attached hydrogen (secondary N) is 1. The fourth-order valence-electron chi connectivity index (χ4n) is 15.9. The van der Waals surface area contributed by atoms with Crippen molar-refractivity contribution in [1.29, 1.82) is 0 Å². The Labute approximate surface area is 547 Å². The predicted octanol–water partition coefficient (Wildman–Crippen LogP) is 26.1. The van der Waals surface area contributed by atoms with E-state index in [0.717, 1.165) is 17.1 Å². The second-order valence-electron chi connectivity index (χ2n) is 27.8. The maximum Gasteiger partial charge on any atom is 0.0467 e. The molecular weight excluding hydrogens is 1100 g/mol. The van der Waals surface area contributed by atoms with Gasteiger partial charge in [0.15, 0.2) is 0 Å². The van der Waals surface area contributed by atoms with Crippen molar-refractivity contribution in [3.8, 4) is 44.5 Å². The summed E-state index contributed by atoms with van der Waals surface area (Å²) in [6, 6.07) is 90.6. The first-order valence-electron chi connectivity index (χ1n) is 35.1. The van der Waals surface area contributed by atoms with Gasteiger partial charge in [-0.05, 0) is 175 Å². The first-order chi connectivity index (χ1) is 44.4. The van der Waals surface area contributed by atoms with E-state index < -0.39 is 0 Å². The highest BCUT2D eigenvalue weighted by Crippen LogP contribution is 2.57. The van der Waals surface area contributed by atoms with Crippen LogP contribution in [0.15, 0.2) is 237 Å². The van der Waals surface area contributed by atoms with Gasteiger partial charge in [0.2, 0.25) is 0 Å². The van der Waals surface area contributed by atoms with Gasteiger partial charge in [0.25, 0.3) is 0 Å². The van der Waals surface area contributed by atoms with Gasteiger partial charge in [-0.1, -0.05) is 315 Å². The van der Waals surface area contributed by atoms with Crippen molar-refractivity contribution in [2.24, 2.45) is 0 Å². The first kappa shape index (κ1) is 63.0. The molecule has 1 unspecified atom stereocenters. The van der Waals surface area contributed by atoms with E-state index >= 15 is 0 Å². The second kappa shape index (κ2) is 27.7. The number of benzene rings is 10. The van der Waals surface area contributed by atoms with E-state index in [1.54, 1.807) is 5.56 Å². The molecule has 2 aliphatic carbocycles. The normalized spacial score (nSPS) is 14.6. The summed E-state index contributed by atoms with van der Waals surface area (Å²) in [4.78, 5) is 2.54. The predicted molar refractivity (Wildman–Crippen MR) is 392 cm³/mol. The smallest absolute Gasteiger partial charge is 0.0467 e. The number of hydrogen-bond donors (Lipinski definition) is 1. The molecule has 12 rings (SSSR count).